The molecule has 14 aromatic rings. The third-order valence-electron chi connectivity index (χ3n) is 16.2. The Morgan fingerprint density at radius 2 is 0.905 bits per heavy atom. The second-order valence-electron chi connectivity index (χ2n) is 19.8. The highest BCUT2D eigenvalue weighted by molar-refractivity contribution is 7.25. The number of nitrogens with zero attached hydrogens (tertiary/aromatic N) is 2. The summed E-state index contributed by atoms with van der Waals surface area (Å²) >= 11 is 1.87. The fourth-order valence-electron chi connectivity index (χ4n) is 13.2. The van der Waals surface area contributed by atoms with Crippen molar-refractivity contribution >= 4 is 81.1 Å². The van der Waals surface area contributed by atoms with E-state index in [0.717, 1.165) is 22.6 Å². The fraction of sp³-hybridized carbons (Fsp3) is 0.0141. The van der Waals surface area contributed by atoms with Gasteiger partial charge in [0, 0.05) is 47.9 Å². The highest BCUT2D eigenvalue weighted by Gasteiger charge is 2.51. The van der Waals surface area contributed by atoms with E-state index < -0.39 is 5.41 Å². The van der Waals surface area contributed by atoms with Crippen molar-refractivity contribution in [1.82, 2.24) is 4.57 Å². The highest BCUT2D eigenvalue weighted by atomic mass is 32.1. The van der Waals surface area contributed by atoms with Gasteiger partial charge >= 0.3 is 0 Å². The van der Waals surface area contributed by atoms with Gasteiger partial charge in [-0.3, -0.25) is 0 Å². The minimum Gasteiger partial charge on any atom is -0.310 e. The lowest BCUT2D eigenvalue weighted by molar-refractivity contribution is 0.748. The van der Waals surface area contributed by atoms with Gasteiger partial charge in [0.05, 0.1) is 27.8 Å². The first-order valence-corrected chi connectivity index (χ1v) is 26.4. The molecule has 16 rings (SSSR count). The summed E-state index contributed by atoms with van der Waals surface area (Å²) in [6, 6.07) is 99.8. The summed E-state index contributed by atoms with van der Waals surface area (Å²) in [5.41, 5.74) is 21.4. The van der Waals surface area contributed by atoms with Crippen molar-refractivity contribution in [3.63, 3.8) is 0 Å². The van der Waals surface area contributed by atoms with Gasteiger partial charge in [0.2, 0.25) is 0 Å². The van der Waals surface area contributed by atoms with Crippen molar-refractivity contribution in [3.8, 4) is 50.2 Å². The molecular formula is C71H44N2S. The molecule has 1 spiro atoms. The van der Waals surface area contributed by atoms with Crippen molar-refractivity contribution in [3.05, 3.63) is 289 Å². The molecule has 3 heterocycles. The summed E-state index contributed by atoms with van der Waals surface area (Å²) in [6.45, 7) is 0. The maximum absolute atomic E-state index is 2.53. The molecule has 1 aliphatic carbocycles. The third-order valence-corrected chi connectivity index (χ3v) is 17.4. The second-order valence-corrected chi connectivity index (χ2v) is 20.9. The van der Waals surface area contributed by atoms with Gasteiger partial charge < -0.3 is 9.47 Å². The molecule has 0 bridgehead atoms. The second kappa shape index (κ2) is 15.9. The van der Waals surface area contributed by atoms with Crippen LogP contribution in [-0.4, -0.2) is 4.57 Å². The standard InChI is InChI=1S/C71H44N2S/c1-2-20-49-45(18-1)19-15-28-51(49)52-21-3-4-22-53(52)56-24-6-11-33-64(56)72(47-40-38-46(39-41-47)50-27-17-37-68-69(50)59-26-8-14-36-67(59)74-68)48-42-43-55-54-23-5-9-30-60(54)71(63(55)44-48)61-31-10-13-35-66(61)73-65-34-12-7-25-57(65)58-29-16-32-62(71)70(58)73/h1-44H. The molecular weight excluding hydrogens is 913 g/mol. The monoisotopic (exact) mass is 956 g/mol. The van der Waals surface area contributed by atoms with Crippen LogP contribution in [0.4, 0.5) is 17.1 Å². The Labute approximate surface area is 432 Å². The van der Waals surface area contributed by atoms with Crippen LogP contribution in [-0.2, 0) is 5.41 Å². The van der Waals surface area contributed by atoms with Crippen LogP contribution >= 0.6 is 11.3 Å². The maximum atomic E-state index is 2.53. The van der Waals surface area contributed by atoms with E-state index in [0.29, 0.717) is 0 Å². The number of hydrogen-bond acceptors (Lipinski definition) is 2. The molecule has 0 radical (unpaired) electrons. The Kier molecular flexibility index (Phi) is 8.86. The van der Waals surface area contributed by atoms with Gasteiger partial charge in [0.1, 0.15) is 0 Å². The molecule has 344 valence electrons. The largest absolute Gasteiger partial charge is 0.310 e. The minimum atomic E-state index is -0.597. The molecule has 1 aliphatic heterocycles. The predicted molar refractivity (Wildman–Crippen MR) is 313 cm³/mol. The van der Waals surface area contributed by atoms with Gasteiger partial charge in [0.15, 0.2) is 0 Å². The Morgan fingerprint density at radius 1 is 0.338 bits per heavy atom. The number of rotatable bonds is 6. The first kappa shape index (κ1) is 41.3. The molecule has 3 heteroatoms. The normalized spacial score (nSPS) is 14.3. The van der Waals surface area contributed by atoms with Crippen LogP contribution in [0.15, 0.2) is 267 Å². The summed E-state index contributed by atoms with van der Waals surface area (Å²) in [4.78, 5) is 2.52. The van der Waals surface area contributed by atoms with Crippen LogP contribution in [0.3, 0.4) is 0 Å². The Morgan fingerprint density at radius 3 is 1.78 bits per heavy atom. The Hall–Kier alpha value is -9.28. The van der Waals surface area contributed by atoms with E-state index in [-0.39, 0.29) is 0 Å². The van der Waals surface area contributed by atoms with Crippen molar-refractivity contribution in [1.29, 1.82) is 0 Å². The molecule has 2 aromatic heterocycles. The molecule has 0 saturated carbocycles. The quantitative estimate of drug-likeness (QED) is 0.161. The van der Waals surface area contributed by atoms with Crippen molar-refractivity contribution in [2.75, 3.05) is 4.90 Å². The fourth-order valence-corrected chi connectivity index (χ4v) is 14.4. The number of benzene rings is 12. The highest BCUT2D eigenvalue weighted by Crippen LogP contribution is 2.62. The molecule has 1 unspecified atom stereocenters. The first-order valence-electron chi connectivity index (χ1n) is 25.6. The topological polar surface area (TPSA) is 8.17 Å². The number of anilines is 3. The molecule has 0 N–H and O–H groups in total. The summed E-state index contributed by atoms with van der Waals surface area (Å²) in [7, 11) is 0. The molecule has 2 aliphatic rings. The van der Waals surface area contributed by atoms with Crippen LogP contribution in [0.2, 0.25) is 0 Å². The number of hydrogen-bond donors (Lipinski definition) is 0. The summed E-state index contributed by atoms with van der Waals surface area (Å²) in [6.07, 6.45) is 0. The molecule has 0 saturated heterocycles. The average Bonchev–Trinajstić information content (AvgIpc) is 4.14. The number of para-hydroxylation sites is 4. The van der Waals surface area contributed by atoms with Gasteiger partial charge in [0.25, 0.3) is 0 Å². The van der Waals surface area contributed by atoms with E-state index >= 15 is 0 Å². The first-order chi connectivity index (χ1) is 36.7. The van der Waals surface area contributed by atoms with Crippen LogP contribution < -0.4 is 4.90 Å². The van der Waals surface area contributed by atoms with Crippen LogP contribution in [0, 0.1) is 0 Å². The van der Waals surface area contributed by atoms with E-state index in [1.165, 1.54) is 120 Å². The molecule has 0 amide bonds. The summed E-state index contributed by atoms with van der Waals surface area (Å²) < 4.78 is 5.15. The maximum Gasteiger partial charge on any atom is 0.0755 e. The Bertz CT molecular complexity index is 4620. The van der Waals surface area contributed by atoms with Crippen LogP contribution in [0.5, 0.6) is 0 Å². The van der Waals surface area contributed by atoms with Gasteiger partial charge in [-0.1, -0.05) is 212 Å². The zero-order chi connectivity index (χ0) is 48.5. The van der Waals surface area contributed by atoms with Gasteiger partial charge in [-0.25, -0.2) is 0 Å². The SMILES string of the molecule is c1ccc(-c2cccc3ccccc23)c(-c2ccccc2N(c2ccc(-c3cccc4sc5ccccc5c34)cc2)c2ccc3c(c2)C2(c4ccccc4-3)c3ccccc3-n3c4ccccc4c4cccc2c43)c1. The summed E-state index contributed by atoms with van der Waals surface area (Å²) in [5.74, 6) is 0. The molecule has 12 aromatic carbocycles. The predicted octanol–water partition coefficient (Wildman–Crippen LogP) is 19.5. The van der Waals surface area contributed by atoms with Crippen molar-refractivity contribution < 1.29 is 0 Å². The van der Waals surface area contributed by atoms with Crippen molar-refractivity contribution in [2.45, 2.75) is 5.41 Å². The van der Waals surface area contributed by atoms with E-state index in [4.69, 9.17) is 0 Å². The van der Waals surface area contributed by atoms with Gasteiger partial charge in [-0.05, 0) is 127 Å². The van der Waals surface area contributed by atoms with E-state index in [1.54, 1.807) is 0 Å². The zero-order valence-electron chi connectivity index (χ0n) is 40.2. The van der Waals surface area contributed by atoms with Crippen LogP contribution in [0.1, 0.15) is 22.3 Å². The molecule has 0 fully saturated rings. The van der Waals surface area contributed by atoms with E-state index in [2.05, 4.69) is 276 Å². The average molecular weight is 957 g/mol. The third kappa shape index (κ3) is 5.70. The van der Waals surface area contributed by atoms with Gasteiger partial charge in [-0.15, -0.1) is 11.3 Å². The lowest BCUT2D eigenvalue weighted by atomic mass is 9.65. The van der Waals surface area contributed by atoms with E-state index in [1.807, 2.05) is 11.3 Å². The van der Waals surface area contributed by atoms with Gasteiger partial charge in [-0.2, -0.15) is 0 Å². The van der Waals surface area contributed by atoms with E-state index in [9.17, 15) is 0 Å². The van der Waals surface area contributed by atoms with Crippen molar-refractivity contribution in [2.24, 2.45) is 0 Å². The van der Waals surface area contributed by atoms with Crippen LogP contribution in [0.25, 0.3) is 103 Å². The molecule has 2 nitrogen and oxygen atoms in total. The zero-order valence-corrected chi connectivity index (χ0v) is 41.0. The molecule has 74 heavy (non-hydrogen) atoms. The minimum absolute atomic E-state index is 0.597. The summed E-state index contributed by atoms with van der Waals surface area (Å²) in [5, 5.41) is 7.65. The smallest absolute Gasteiger partial charge is 0.0755 e. The Balaban J connectivity index is 0.959. The number of fused-ring (bicyclic) bond motifs is 16. The lowest BCUT2D eigenvalue weighted by Crippen LogP contribution is -2.33. The number of aromatic nitrogens is 1. The lowest BCUT2D eigenvalue weighted by Gasteiger charge is -2.40. The number of thiophene rings is 1. The molecule has 1 atom stereocenters.